The number of benzene rings is 1. The van der Waals surface area contributed by atoms with Gasteiger partial charge in [-0.25, -0.2) is 4.98 Å². The van der Waals surface area contributed by atoms with Gasteiger partial charge in [-0.3, -0.25) is 10.1 Å². The fraction of sp³-hybridized carbons (Fsp3) is 0.267. The highest BCUT2D eigenvalue weighted by Crippen LogP contribution is 2.29. The van der Waals surface area contributed by atoms with Crippen LogP contribution in [0.4, 0.5) is 17.2 Å². The lowest BCUT2D eigenvalue weighted by Crippen LogP contribution is -2.01. The molecular weight excluding hydrogens is 306 g/mol. The maximum absolute atomic E-state index is 11.0. The molecule has 0 bridgehead atoms. The van der Waals surface area contributed by atoms with Crippen molar-refractivity contribution in [2.45, 2.75) is 27.4 Å². The van der Waals surface area contributed by atoms with Crippen LogP contribution in [0.1, 0.15) is 25.0 Å². The number of aliphatic hydroxyl groups excluding tert-OH is 1. The van der Waals surface area contributed by atoms with Crippen LogP contribution in [-0.4, -0.2) is 15.0 Å². The fourth-order valence-electron chi connectivity index (χ4n) is 1.64. The van der Waals surface area contributed by atoms with E-state index in [1.807, 2.05) is 13.8 Å². The number of aromatic nitrogens is 1. The van der Waals surface area contributed by atoms with E-state index in [1.165, 1.54) is 6.07 Å². The van der Waals surface area contributed by atoms with Crippen molar-refractivity contribution in [2.75, 3.05) is 5.32 Å². The minimum atomic E-state index is -0.513. The van der Waals surface area contributed by atoms with E-state index in [2.05, 4.69) is 10.3 Å². The Bertz CT molecular complexity index is 645. The smallest absolute Gasteiger partial charge is 0.312 e. The first kappa shape index (κ1) is 17.9. The standard InChI is InChI=1S/C13H12ClN3O3.C2H6/c1-8-6-11(17(19)20)13(16-12(8)14)15-10-4-2-9(7-18)3-5-10;1-2/h2-6,18H,7H2,1H3,(H,15,16);1-2H3. The summed E-state index contributed by atoms with van der Waals surface area (Å²) in [7, 11) is 0. The molecule has 118 valence electrons. The number of hydrogen-bond acceptors (Lipinski definition) is 5. The third-order valence-corrected chi connectivity index (χ3v) is 3.11. The third-order valence-electron chi connectivity index (χ3n) is 2.73. The van der Waals surface area contributed by atoms with Crippen molar-refractivity contribution < 1.29 is 10.0 Å². The molecule has 7 heteroatoms. The van der Waals surface area contributed by atoms with Crippen molar-refractivity contribution in [3.63, 3.8) is 0 Å². The van der Waals surface area contributed by atoms with Crippen LogP contribution >= 0.6 is 11.6 Å². The van der Waals surface area contributed by atoms with Gasteiger partial charge in [0.2, 0.25) is 5.82 Å². The summed E-state index contributed by atoms with van der Waals surface area (Å²) in [6, 6.07) is 8.20. The molecule has 0 amide bonds. The highest BCUT2D eigenvalue weighted by molar-refractivity contribution is 6.30. The van der Waals surface area contributed by atoms with Crippen LogP contribution in [0.2, 0.25) is 5.15 Å². The Morgan fingerprint density at radius 1 is 1.32 bits per heavy atom. The van der Waals surface area contributed by atoms with Gasteiger partial charge < -0.3 is 10.4 Å². The van der Waals surface area contributed by atoms with Crippen molar-refractivity contribution >= 4 is 28.8 Å². The SMILES string of the molecule is CC.Cc1cc([N+](=O)[O-])c(Nc2ccc(CO)cc2)nc1Cl. The second kappa shape index (κ2) is 8.31. The van der Waals surface area contributed by atoms with E-state index in [-0.39, 0.29) is 23.3 Å². The number of anilines is 2. The predicted molar refractivity (Wildman–Crippen MR) is 87.6 cm³/mol. The molecule has 2 aromatic rings. The van der Waals surface area contributed by atoms with Crippen LogP contribution in [0, 0.1) is 17.0 Å². The van der Waals surface area contributed by atoms with Gasteiger partial charge in [0.25, 0.3) is 0 Å². The van der Waals surface area contributed by atoms with Crippen molar-refractivity contribution in [3.05, 3.63) is 56.7 Å². The van der Waals surface area contributed by atoms with Crippen LogP contribution in [-0.2, 0) is 6.61 Å². The Morgan fingerprint density at radius 3 is 2.41 bits per heavy atom. The largest absolute Gasteiger partial charge is 0.392 e. The summed E-state index contributed by atoms with van der Waals surface area (Å²) >= 11 is 5.90. The van der Waals surface area contributed by atoms with Crippen LogP contribution in [0.15, 0.2) is 30.3 Å². The molecule has 0 radical (unpaired) electrons. The molecule has 0 atom stereocenters. The Labute approximate surface area is 133 Å². The van der Waals surface area contributed by atoms with Gasteiger partial charge in [0.05, 0.1) is 11.5 Å². The zero-order chi connectivity index (χ0) is 16.7. The second-order valence-electron chi connectivity index (χ2n) is 4.20. The molecule has 0 aliphatic carbocycles. The van der Waals surface area contributed by atoms with E-state index in [0.717, 1.165) is 5.56 Å². The summed E-state index contributed by atoms with van der Waals surface area (Å²) in [4.78, 5) is 14.5. The topological polar surface area (TPSA) is 88.3 Å². The number of pyridine rings is 1. The number of nitro groups is 1. The molecule has 0 fully saturated rings. The molecule has 0 saturated carbocycles. The minimum Gasteiger partial charge on any atom is -0.392 e. The molecule has 0 spiro atoms. The molecule has 22 heavy (non-hydrogen) atoms. The lowest BCUT2D eigenvalue weighted by atomic mass is 10.2. The number of nitrogens with zero attached hydrogens (tertiary/aromatic N) is 2. The van der Waals surface area contributed by atoms with Crippen LogP contribution in [0.25, 0.3) is 0 Å². The first-order valence-corrected chi connectivity index (χ1v) is 7.17. The summed E-state index contributed by atoms with van der Waals surface area (Å²) in [6.45, 7) is 5.59. The predicted octanol–water partition coefficient (Wildman–Crippen LogP) is 4.21. The van der Waals surface area contributed by atoms with Crippen LogP contribution in [0.3, 0.4) is 0 Å². The monoisotopic (exact) mass is 323 g/mol. The molecule has 0 aliphatic rings. The van der Waals surface area contributed by atoms with Gasteiger partial charge in [-0.05, 0) is 30.2 Å². The maximum atomic E-state index is 11.0. The number of aliphatic hydroxyl groups is 1. The van der Waals surface area contributed by atoms with Crippen LogP contribution in [0.5, 0.6) is 0 Å². The normalized spacial score (nSPS) is 9.68. The first-order chi connectivity index (χ1) is 10.5. The Balaban J connectivity index is 0.00000116. The van der Waals surface area contributed by atoms with E-state index >= 15 is 0 Å². The van der Waals surface area contributed by atoms with Crippen molar-refractivity contribution in [3.8, 4) is 0 Å². The molecular formula is C15H18ClN3O3. The van der Waals surface area contributed by atoms with E-state index < -0.39 is 4.92 Å². The lowest BCUT2D eigenvalue weighted by molar-refractivity contribution is -0.384. The zero-order valence-electron chi connectivity index (χ0n) is 12.6. The highest BCUT2D eigenvalue weighted by Gasteiger charge is 2.18. The zero-order valence-corrected chi connectivity index (χ0v) is 13.4. The first-order valence-electron chi connectivity index (χ1n) is 6.79. The van der Waals surface area contributed by atoms with Crippen molar-refractivity contribution in [1.82, 2.24) is 4.98 Å². The number of hydrogen-bond donors (Lipinski definition) is 2. The van der Waals surface area contributed by atoms with Gasteiger partial charge in [-0.15, -0.1) is 0 Å². The van der Waals surface area contributed by atoms with Crippen molar-refractivity contribution in [1.29, 1.82) is 0 Å². The number of rotatable bonds is 4. The van der Waals surface area contributed by atoms with Gasteiger partial charge in [0, 0.05) is 11.8 Å². The van der Waals surface area contributed by atoms with Gasteiger partial charge in [0.1, 0.15) is 5.15 Å². The highest BCUT2D eigenvalue weighted by atomic mass is 35.5. The van der Waals surface area contributed by atoms with Gasteiger partial charge in [-0.2, -0.15) is 0 Å². The number of aryl methyl sites for hydroxylation is 1. The van der Waals surface area contributed by atoms with Gasteiger partial charge in [-0.1, -0.05) is 37.6 Å². The summed E-state index contributed by atoms with van der Waals surface area (Å²) in [5, 5.41) is 23.1. The van der Waals surface area contributed by atoms with E-state index in [4.69, 9.17) is 16.7 Å². The Morgan fingerprint density at radius 2 is 1.91 bits per heavy atom. The van der Waals surface area contributed by atoms with E-state index in [0.29, 0.717) is 11.3 Å². The average Bonchev–Trinajstić information content (AvgIpc) is 2.53. The number of nitrogens with one attached hydrogen (secondary N) is 1. The van der Waals surface area contributed by atoms with Gasteiger partial charge in [0.15, 0.2) is 0 Å². The lowest BCUT2D eigenvalue weighted by Gasteiger charge is -2.08. The molecule has 6 nitrogen and oxygen atoms in total. The third kappa shape index (κ3) is 4.41. The molecule has 0 saturated heterocycles. The summed E-state index contributed by atoms with van der Waals surface area (Å²) in [5.41, 5.74) is 1.77. The van der Waals surface area contributed by atoms with Gasteiger partial charge >= 0.3 is 5.69 Å². The molecule has 0 aliphatic heterocycles. The summed E-state index contributed by atoms with van der Waals surface area (Å²) in [5.74, 6) is 0.0855. The molecule has 1 aromatic heterocycles. The average molecular weight is 324 g/mol. The van der Waals surface area contributed by atoms with E-state index in [9.17, 15) is 10.1 Å². The summed E-state index contributed by atoms with van der Waals surface area (Å²) in [6.07, 6.45) is 0. The van der Waals surface area contributed by atoms with Crippen LogP contribution < -0.4 is 5.32 Å². The Kier molecular flexibility index (Phi) is 6.75. The Hall–Kier alpha value is -2.18. The molecule has 2 rings (SSSR count). The van der Waals surface area contributed by atoms with Crippen molar-refractivity contribution in [2.24, 2.45) is 0 Å². The number of halogens is 1. The molecule has 1 heterocycles. The summed E-state index contributed by atoms with van der Waals surface area (Å²) < 4.78 is 0. The van der Waals surface area contributed by atoms with E-state index in [1.54, 1.807) is 31.2 Å². The second-order valence-corrected chi connectivity index (χ2v) is 4.56. The quantitative estimate of drug-likeness (QED) is 0.499. The molecule has 0 unspecified atom stereocenters. The maximum Gasteiger partial charge on any atom is 0.312 e. The molecule has 2 N–H and O–H groups in total. The molecule has 1 aromatic carbocycles. The fourth-order valence-corrected chi connectivity index (χ4v) is 1.78. The minimum absolute atomic E-state index is 0.0605.